The van der Waals surface area contributed by atoms with Crippen molar-refractivity contribution in [2.75, 3.05) is 14.2 Å². The van der Waals surface area contributed by atoms with Crippen LogP contribution < -0.4 is 4.74 Å². The maximum atomic E-state index is 12.3. The fourth-order valence-electron chi connectivity index (χ4n) is 4.65. The van der Waals surface area contributed by atoms with Gasteiger partial charge < -0.3 is 23.6 Å². The number of benzene rings is 1. The Kier molecular flexibility index (Phi) is 5.53. The lowest BCUT2D eigenvalue weighted by Gasteiger charge is -2.23. The molecular weight excluding hydrogens is 386 g/mol. The number of esters is 1. The van der Waals surface area contributed by atoms with Crippen LogP contribution in [-0.4, -0.2) is 35.8 Å². The molecule has 0 amide bonds. The van der Waals surface area contributed by atoms with E-state index in [1.807, 2.05) is 12.1 Å². The van der Waals surface area contributed by atoms with Crippen LogP contribution in [0.2, 0.25) is 0 Å². The fourth-order valence-corrected chi connectivity index (χ4v) is 4.65. The maximum absolute atomic E-state index is 12.3. The summed E-state index contributed by atoms with van der Waals surface area (Å²) in [6, 6.07) is 5.36. The van der Waals surface area contributed by atoms with E-state index in [1.54, 1.807) is 23.2 Å². The number of carboxylic acids is 1. The minimum absolute atomic E-state index is 0.226. The molecule has 1 saturated carbocycles. The number of methoxy groups -OCH3 is 2. The molecule has 7 heteroatoms. The zero-order valence-electron chi connectivity index (χ0n) is 17.1. The number of rotatable bonds is 6. The minimum atomic E-state index is -0.956. The lowest BCUT2D eigenvalue weighted by molar-refractivity contribution is -0.137. The average Bonchev–Trinajstić information content (AvgIpc) is 3.38. The highest BCUT2D eigenvalue weighted by Crippen LogP contribution is 2.45. The van der Waals surface area contributed by atoms with Crippen molar-refractivity contribution >= 4 is 22.8 Å². The molecule has 3 aromatic rings. The molecule has 0 bridgehead atoms. The lowest BCUT2D eigenvalue weighted by Crippen LogP contribution is -2.11. The van der Waals surface area contributed by atoms with Gasteiger partial charge in [0.25, 0.3) is 0 Å². The van der Waals surface area contributed by atoms with Gasteiger partial charge in [0.1, 0.15) is 17.9 Å². The van der Waals surface area contributed by atoms with Gasteiger partial charge in [-0.05, 0) is 42.5 Å². The van der Waals surface area contributed by atoms with Crippen LogP contribution in [0.15, 0.2) is 35.1 Å². The molecule has 0 saturated heterocycles. The summed E-state index contributed by atoms with van der Waals surface area (Å²) in [7, 11) is 2.83. The predicted octanol–water partition coefficient (Wildman–Crippen LogP) is 4.83. The Morgan fingerprint density at radius 3 is 2.57 bits per heavy atom. The second-order valence-corrected chi connectivity index (χ2v) is 7.65. The summed E-state index contributed by atoms with van der Waals surface area (Å²) in [5, 5.41) is 10.5. The predicted molar refractivity (Wildman–Crippen MR) is 111 cm³/mol. The molecule has 0 unspecified atom stereocenters. The Labute approximate surface area is 174 Å². The Hall–Kier alpha value is -3.22. The SMILES string of the molecule is COC(=O)c1cc2c(cc1OC)c(C1CCCCC1)c(-c1ccoc1)n2CC(=O)O. The van der Waals surface area contributed by atoms with Crippen LogP contribution in [-0.2, 0) is 16.1 Å². The molecule has 1 aliphatic rings. The molecule has 158 valence electrons. The van der Waals surface area contributed by atoms with Crippen molar-refractivity contribution in [2.24, 2.45) is 0 Å². The summed E-state index contributed by atoms with van der Waals surface area (Å²) in [6.45, 7) is -0.226. The van der Waals surface area contributed by atoms with Crippen LogP contribution in [0.25, 0.3) is 22.2 Å². The zero-order valence-corrected chi connectivity index (χ0v) is 17.1. The molecule has 1 aromatic carbocycles. The molecule has 1 N–H and O–H groups in total. The number of furan rings is 1. The largest absolute Gasteiger partial charge is 0.496 e. The van der Waals surface area contributed by atoms with E-state index in [-0.39, 0.29) is 12.1 Å². The third-order valence-corrected chi connectivity index (χ3v) is 5.93. The smallest absolute Gasteiger partial charge is 0.341 e. The lowest BCUT2D eigenvalue weighted by atomic mass is 9.82. The number of aliphatic carboxylic acids is 1. The van der Waals surface area contributed by atoms with Gasteiger partial charge in [-0.1, -0.05) is 19.3 Å². The van der Waals surface area contributed by atoms with E-state index >= 15 is 0 Å². The van der Waals surface area contributed by atoms with E-state index < -0.39 is 11.9 Å². The Balaban J connectivity index is 2.08. The summed E-state index contributed by atoms with van der Waals surface area (Å²) in [5.41, 5.74) is 3.70. The first kappa shape index (κ1) is 20.1. The number of fused-ring (bicyclic) bond motifs is 1. The van der Waals surface area contributed by atoms with Gasteiger partial charge in [0.15, 0.2) is 0 Å². The monoisotopic (exact) mass is 411 g/mol. The molecular formula is C23H25NO6. The molecule has 0 spiro atoms. The van der Waals surface area contributed by atoms with Crippen LogP contribution in [0.1, 0.15) is 53.9 Å². The van der Waals surface area contributed by atoms with Gasteiger partial charge >= 0.3 is 11.9 Å². The first-order chi connectivity index (χ1) is 14.5. The molecule has 2 heterocycles. The van der Waals surface area contributed by atoms with Crippen LogP contribution >= 0.6 is 0 Å². The Morgan fingerprint density at radius 2 is 1.97 bits per heavy atom. The van der Waals surface area contributed by atoms with E-state index in [1.165, 1.54) is 20.6 Å². The summed E-state index contributed by atoms with van der Waals surface area (Å²) < 4.78 is 17.5. The Bertz CT molecular complexity index is 1070. The highest BCUT2D eigenvalue weighted by Gasteiger charge is 2.29. The summed E-state index contributed by atoms with van der Waals surface area (Å²) in [6.07, 6.45) is 8.79. The molecule has 0 radical (unpaired) electrons. The number of carbonyl (C=O) groups is 2. The normalized spacial score (nSPS) is 14.7. The highest BCUT2D eigenvalue weighted by atomic mass is 16.5. The second-order valence-electron chi connectivity index (χ2n) is 7.65. The molecule has 2 aromatic heterocycles. The van der Waals surface area contributed by atoms with Gasteiger partial charge in [-0.25, -0.2) is 4.79 Å². The third-order valence-electron chi connectivity index (χ3n) is 5.93. The number of hydrogen-bond acceptors (Lipinski definition) is 5. The third kappa shape index (κ3) is 3.44. The van der Waals surface area contributed by atoms with Crippen LogP contribution in [0.4, 0.5) is 0 Å². The van der Waals surface area contributed by atoms with E-state index in [0.29, 0.717) is 17.2 Å². The average molecular weight is 411 g/mol. The minimum Gasteiger partial charge on any atom is -0.496 e. The van der Waals surface area contributed by atoms with Crippen molar-refractivity contribution in [3.63, 3.8) is 0 Å². The first-order valence-corrected chi connectivity index (χ1v) is 10.1. The van der Waals surface area contributed by atoms with Crippen molar-refractivity contribution in [3.8, 4) is 17.0 Å². The van der Waals surface area contributed by atoms with Crippen molar-refractivity contribution in [3.05, 3.63) is 41.9 Å². The van der Waals surface area contributed by atoms with E-state index in [0.717, 1.165) is 47.9 Å². The topological polar surface area (TPSA) is 90.9 Å². The molecule has 30 heavy (non-hydrogen) atoms. The molecule has 1 aliphatic carbocycles. The van der Waals surface area contributed by atoms with Crippen molar-refractivity contribution in [1.29, 1.82) is 0 Å². The number of carboxylic acid groups (broad SMARTS) is 1. The number of aromatic nitrogens is 1. The van der Waals surface area contributed by atoms with Crippen LogP contribution in [0, 0.1) is 0 Å². The standard InChI is InChI=1S/C23H25NO6/c1-28-19-11-16-18(10-17(19)23(27)29-2)24(12-20(25)26)22(15-8-9-30-13-15)21(16)14-6-4-3-5-7-14/h8-11,13-14H,3-7,12H2,1-2H3,(H,25,26). The number of hydrogen-bond donors (Lipinski definition) is 1. The van der Waals surface area contributed by atoms with E-state index in [9.17, 15) is 14.7 Å². The summed E-state index contributed by atoms with van der Waals surface area (Å²) in [5.74, 6) is -0.768. The number of ether oxygens (including phenoxy) is 2. The van der Waals surface area contributed by atoms with Crippen LogP contribution in [0.5, 0.6) is 5.75 Å². The van der Waals surface area contributed by atoms with Crippen LogP contribution in [0.3, 0.4) is 0 Å². The van der Waals surface area contributed by atoms with Gasteiger partial charge in [-0.3, -0.25) is 4.79 Å². The zero-order chi connectivity index (χ0) is 21.3. The fraction of sp³-hybridized carbons (Fsp3) is 0.391. The molecule has 7 nitrogen and oxygen atoms in total. The first-order valence-electron chi connectivity index (χ1n) is 10.1. The van der Waals surface area contributed by atoms with E-state index in [4.69, 9.17) is 13.9 Å². The summed E-state index contributed by atoms with van der Waals surface area (Å²) >= 11 is 0. The van der Waals surface area contributed by atoms with Gasteiger partial charge in [0.2, 0.25) is 0 Å². The molecule has 0 aliphatic heterocycles. The maximum Gasteiger partial charge on any atom is 0.341 e. The quantitative estimate of drug-likeness (QED) is 0.584. The Morgan fingerprint density at radius 1 is 1.20 bits per heavy atom. The van der Waals surface area contributed by atoms with Gasteiger partial charge in [-0.15, -0.1) is 0 Å². The van der Waals surface area contributed by atoms with Crippen molar-refractivity contribution in [2.45, 2.75) is 44.6 Å². The molecule has 0 atom stereocenters. The highest BCUT2D eigenvalue weighted by molar-refractivity contribution is 6.01. The number of carbonyl (C=O) groups excluding carboxylic acids is 1. The van der Waals surface area contributed by atoms with Crippen molar-refractivity contribution in [1.82, 2.24) is 4.57 Å². The second kappa shape index (κ2) is 8.26. The van der Waals surface area contributed by atoms with Gasteiger partial charge in [0.05, 0.1) is 38.0 Å². The van der Waals surface area contributed by atoms with Gasteiger partial charge in [-0.2, -0.15) is 0 Å². The molecule has 4 rings (SSSR count). The van der Waals surface area contributed by atoms with Gasteiger partial charge in [0, 0.05) is 10.9 Å². The van der Waals surface area contributed by atoms with E-state index in [2.05, 4.69) is 0 Å². The summed E-state index contributed by atoms with van der Waals surface area (Å²) in [4.78, 5) is 24.1. The molecule has 1 fully saturated rings. The van der Waals surface area contributed by atoms with Crippen molar-refractivity contribution < 1.29 is 28.6 Å². The number of nitrogens with zero attached hydrogens (tertiary/aromatic N) is 1.